The number of benzene rings is 1. The molecule has 0 aromatic heterocycles. The third kappa shape index (κ3) is 3.62. The zero-order valence-electron chi connectivity index (χ0n) is 12.1. The van der Waals surface area contributed by atoms with Gasteiger partial charge in [0.25, 0.3) is 5.69 Å². The predicted octanol–water partition coefficient (Wildman–Crippen LogP) is 3.98. The van der Waals surface area contributed by atoms with Crippen LogP contribution in [0.1, 0.15) is 39.5 Å². The Morgan fingerprint density at radius 3 is 2.70 bits per heavy atom. The van der Waals surface area contributed by atoms with Crippen LogP contribution in [0.3, 0.4) is 0 Å². The SMILES string of the molecule is CCOc1cc(NC(C)C2CCCC2)cc([N+](=O)[O-])c1. The molecule has 0 heterocycles. The van der Waals surface area contributed by atoms with E-state index in [9.17, 15) is 10.1 Å². The molecule has 1 aliphatic rings. The maximum absolute atomic E-state index is 11.0. The Balaban J connectivity index is 2.14. The van der Waals surface area contributed by atoms with Crippen molar-refractivity contribution in [2.45, 2.75) is 45.6 Å². The van der Waals surface area contributed by atoms with Gasteiger partial charge in [-0.1, -0.05) is 12.8 Å². The number of hydrogen-bond acceptors (Lipinski definition) is 4. The highest BCUT2D eigenvalue weighted by Crippen LogP contribution is 2.31. The normalized spacial score (nSPS) is 16.9. The Morgan fingerprint density at radius 2 is 2.10 bits per heavy atom. The van der Waals surface area contributed by atoms with E-state index >= 15 is 0 Å². The highest BCUT2D eigenvalue weighted by Gasteiger charge is 2.22. The van der Waals surface area contributed by atoms with Crippen molar-refractivity contribution in [2.75, 3.05) is 11.9 Å². The Labute approximate surface area is 119 Å². The number of hydrogen-bond donors (Lipinski definition) is 1. The summed E-state index contributed by atoms with van der Waals surface area (Å²) in [5, 5.41) is 14.4. The first-order chi connectivity index (χ1) is 9.60. The molecule has 0 amide bonds. The minimum Gasteiger partial charge on any atom is -0.494 e. The van der Waals surface area contributed by atoms with Crippen molar-refractivity contribution in [3.63, 3.8) is 0 Å². The second-order valence-corrected chi connectivity index (χ2v) is 5.38. The first kappa shape index (κ1) is 14.6. The maximum atomic E-state index is 11.0. The van der Waals surface area contributed by atoms with Crippen LogP contribution in [-0.4, -0.2) is 17.6 Å². The molecule has 0 bridgehead atoms. The highest BCUT2D eigenvalue weighted by atomic mass is 16.6. The monoisotopic (exact) mass is 278 g/mol. The van der Waals surface area contributed by atoms with Gasteiger partial charge in [0.1, 0.15) is 5.75 Å². The van der Waals surface area contributed by atoms with Gasteiger partial charge in [-0.2, -0.15) is 0 Å². The minimum absolute atomic E-state index is 0.0667. The number of nitrogens with zero attached hydrogens (tertiary/aromatic N) is 1. The third-order valence-electron chi connectivity index (χ3n) is 3.91. The topological polar surface area (TPSA) is 64.4 Å². The second kappa shape index (κ2) is 6.59. The van der Waals surface area contributed by atoms with Crippen molar-refractivity contribution in [2.24, 2.45) is 5.92 Å². The highest BCUT2D eigenvalue weighted by molar-refractivity contribution is 5.56. The van der Waals surface area contributed by atoms with Crippen LogP contribution in [-0.2, 0) is 0 Å². The molecule has 0 aliphatic heterocycles. The molecule has 20 heavy (non-hydrogen) atoms. The fourth-order valence-electron chi connectivity index (χ4n) is 2.86. The van der Waals surface area contributed by atoms with E-state index in [1.54, 1.807) is 6.07 Å². The van der Waals surface area contributed by atoms with Crippen LogP contribution in [0.4, 0.5) is 11.4 Å². The summed E-state index contributed by atoms with van der Waals surface area (Å²) in [6.45, 7) is 4.51. The van der Waals surface area contributed by atoms with Gasteiger partial charge in [0, 0.05) is 23.9 Å². The standard InChI is InChI=1S/C15H22N2O3/c1-3-20-15-9-13(8-14(10-15)17(18)19)16-11(2)12-6-4-5-7-12/h8-12,16H,3-7H2,1-2H3. The summed E-state index contributed by atoms with van der Waals surface area (Å²) in [7, 11) is 0. The third-order valence-corrected chi connectivity index (χ3v) is 3.91. The van der Waals surface area contributed by atoms with Gasteiger partial charge in [0.2, 0.25) is 0 Å². The van der Waals surface area contributed by atoms with E-state index in [4.69, 9.17) is 4.74 Å². The first-order valence-electron chi connectivity index (χ1n) is 7.29. The lowest BCUT2D eigenvalue weighted by atomic mass is 9.99. The molecule has 1 fully saturated rings. The summed E-state index contributed by atoms with van der Waals surface area (Å²) < 4.78 is 5.40. The van der Waals surface area contributed by atoms with E-state index in [1.807, 2.05) is 13.0 Å². The lowest BCUT2D eigenvalue weighted by Gasteiger charge is -2.21. The Kier molecular flexibility index (Phi) is 4.82. The van der Waals surface area contributed by atoms with Gasteiger partial charge in [-0.25, -0.2) is 0 Å². The molecule has 1 aliphatic carbocycles. The number of non-ortho nitro benzene ring substituents is 1. The van der Waals surface area contributed by atoms with E-state index in [0.29, 0.717) is 24.3 Å². The van der Waals surface area contributed by atoms with Crippen molar-refractivity contribution >= 4 is 11.4 Å². The summed E-state index contributed by atoms with van der Waals surface area (Å²) in [6.07, 6.45) is 5.05. The predicted molar refractivity (Wildman–Crippen MR) is 79.3 cm³/mol. The average Bonchev–Trinajstić information content (AvgIpc) is 2.92. The van der Waals surface area contributed by atoms with Gasteiger partial charge >= 0.3 is 0 Å². The molecular formula is C15H22N2O3. The van der Waals surface area contributed by atoms with Crippen LogP contribution in [0.5, 0.6) is 5.75 Å². The van der Waals surface area contributed by atoms with Gasteiger partial charge in [0.05, 0.1) is 17.6 Å². The fraction of sp³-hybridized carbons (Fsp3) is 0.600. The fourth-order valence-corrected chi connectivity index (χ4v) is 2.86. The van der Waals surface area contributed by atoms with E-state index in [2.05, 4.69) is 12.2 Å². The van der Waals surface area contributed by atoms with E-state index < -0.39 is 0 Å². The molecule has 5 nitrogen and oxygen atoms in total. The molecule has 0 saturated heterocycles. The van der Waals surface area contributed by atoms with Gasteiger partial charge < -0.3 is 10.1 Å². The molecule has 0 radical (unpaired) electrons. The van der Waals surface area contributed by atoms with Gasteiger partial charge in [-0.15, -0.1) is 0 Å². The lowest BCUT2D eigenvalue weighted by Crippen LogP contribution is -2.23. The zero-order valence-corrected chi connectivity index (χ0v) is 12.1. The molecule has 2 rings (SSSR count). The van der Waals surface area contributed by atoms with Crippen LogP contribution in [0.15, 0.2) is 18.2 Å². The summed E-state index contributed by atoms with van der Waals surface area (Å²) in [4.78, 5) is 10.6. The molecule has 1 unspecified atom stereocenters. The van der Waals surface area contributed by atoms with Crippen molar-refractivity contribution in [3.8, 4) is 5.75 Å². The van der Waals surface area contributed by atoms with Crippen LogP contribution in [0.2, 0.25) is 0 Å². The quantitative estimate of drug-likeness (QED) is 0.631. The molecule has 1 N–H and O–H groups in total. The van der Waals surface area contributed by atoms with Gasteiger partial charge in [0.15, 0.2) is 0 Å². The number of nitro groups is 1. The number of anilines is 1. The molecule has 1 atom stereocenters. The largest absolute Gasteiger partial charge is 0.494 e. The summed E-state index contributed by atoms with van der Waals surface area (Å²) in [5.74, 6) is 1.20. The maximum Gasteiger partial charge on any atom is 0.275 e. The van der Waals surface area contributed by atoms with Crippen LogP contribution < -0.4 is 10.1 Å². The molecule has 1 aromatic rings. The van der Waals surface area contributed by atoms with Crippen molar-refractivity contribution in [1.29, 1.82) is 0 Å². The van der Waals surface area contributed by atoms with E-state index in [0.717, 1.165) is 5.69 Å². The summed E-state index contributed by atoms with van der Waals surface area (Å²) in [5.41, 5.74) is 0.833. The van der Waals surface area contributed by atoms with Crippen LogP contribution in [0, 0.1) is 16.0 Å². The van der Waals surface area contributed by atoms with Crippen molar-refractivity contribution < 1.29 is 9.66 Å². The lowest BCUT2D eigenvalue weighted by molar-refractivity contribution is -0.384. The molecule has 5 heteroatoms. The van der Waals surface area contributed by atoms with E-state index in [1.165, 1.54) is 31.7 Å². The van der Waals surface area contributed by atoms with Gasteiger partial charge in [-0.3, -0.25) is 10.1 Å². The molecule has 0 spiro atoms. The smallest absolute Gasteiger partial charge is 0.275 e. The Morgan fingerprint density at radius 1 is 1.40 bits per heavy atom. The Bertz CT molecular complexity index is 470. The molecule has 110 valence electrons. The van der Waals surface area contributed by atoms with Gasteiger partial charge in [-0.05, 0) is 32.6 Å². The van der Waals surface area contributed by atoms with Crippen molar-refractivity contribution in [3.05, 3.63) is 28.3 Å². The van der Waals surface area contributed by atoms with E-state index in [-0.39, 0.29) is 10.6 Å². The number of rotatable bonds is 6. The molecule has 1 saturated carbocycles. The zero-order chi connectivity index (χ0) is 14.5. The Hall–Kier alpha value is -1.78. The average molecular weight is 278 g/mol. The number of nitro benzene ring substituents is 1. The summed E-state index contributed by atoms with van der Waals surface area (Å²) >= 11 is 0. The number of nitrogens with one attached hydrogen (secondary N) is 1. The van der Waals surface area contributed by atoms with Crippen LogP contribution in [0.25, 0.3) is 0 Å². The number of ether oxygens (including phenoxy) is 1. The minimum atomic E-state index is -0.381. The first-order valence-corrected chi connectivity index (χ1v) is 7.29. The van der Waals surface area contributed by atoms with Crippen LogP contribution >= 0.6 is 0 Å². The molecular weight excluding hydrogens is 256 g/mol. The molecule has 1 aromatic carbocycles. The summed E-state index contributed by atoms with van der Waals surface area (Å²) in [6, 6.07) is 5.21. The second-order valence-electron chi connectivity index (χ2n) is 5.38. The van der Waals surface area contributed by atoms with Crippen molar-refractivity contribution in [1.82, 2.24) is 0 Å².